The molecule has 2 aromatic carbocycles. The summed E-state index contributed by atoms with van der Waals surface area (Å²) in [4.78, 5) is 53.8. The van der Waals surface area contributed by atoms with E-state index in [1.165, 1.54) is 24.1 Å². The van der Waals surface area contributed by atoms with Gasteiger partial charge < -0.3 is 25.4 Å². The van der Waals surface area contributed by atoms with Crippen LogP contribution in [-0.4, -0.2) is 65.1 Å². The molecule has 1 unspecified atom stereocenters. The summed E-state index contributed by atoms with van der Waals surface area (Å²) in [5, 5.41) is 15.0. The molecule has 1 spiro atoms. The lowest BCUT2D eigenvalue weighted by Gasteiger charge is -2.31. The molecule has 2 fully saturated rings. The van der Waals surface area contributed by atoms with Crippen LogP contribution in [0.5, 0.6) is 0 Å². The quantitative estimate of drug-likeness (QED) is 0.567. The first-order valence-corrected chi connectivity index (χ1v) is 12.1. The fourth-order valence-corrected chi connectivity index (χ4v) is 5.59. The fourth-order valence-electron chi connectivity index (χ4n) is 5.59. The minimum atomic E-state index is -1.52. The summed E-state index contributed by atoms with van der Waals surface area (Å²) in [6.07, 6.45) is 0.862. The lowest BCUT2D eigenvalue weighted by atomic mass is 9.94. The van der Waals surface area contributed by atoms with Crippen molar-refractivity contribution in [2.24, 2.45) is 0 Å². The number of ether oxygens (including phenoxy) is 1. The fraction of sp³-hybridized carbons (Fsp3) is 0.385. The standard InChI is InChI=1S/C26H27FN4O6/c1-28-24(35)29-18-6-8-20-16(12-18)10-11-26(20)23(34)30(25(36)37-26)13-22(33)31-19(14-32)7-9-21(31)15-2-4-17(27)5-3-15/h2-6,8,12,19,21,32H,7,9-11,13-14H2,1H3,(H2,28,29,35)/t19-,21+,26?/m1/s1. The van der Waals surface area contributed by atoms with Crippen LogP contribution in [0.3, 0.4) is 0 Å². The Morgan fingerprint density at radius 1 is 1.16 bits per heavy atom. The normalized spacial score (nSPS) is 24.4. The second-order valence-corrected chi connectivity index (χ2v) is 9.44. The van der Waals surface area contributed by atoms with Crippen molar-refractivity contribution in [3.05, 3.63) is 65.0 Å². The van der Waals surface area contributed by atoms with Crippen molar-refractivity contribution in [1.82, 2.24) is 15.1 Å². The van der Waals surface area contributed by atoms with Gasteiger partial charge in [0.15, 0.2) is 0 Å². The third-order valence-corrected chi connectivity index (χ3v) is 7.39. The van der Waals surface area contributed by atoms with Gasteiger partial charge in [0.25, 0.3) is 5.91 Å². The molecule has 0 bridgehead atoms. The van der Waals surface area contributed by atoms with E-state index in [-0.39, 0.29) is 19.1 Å². The van der Waals surface area contributed by atoms with Crippen molar-refractivity contribution in [3.8, 4) is 0 Å². The van der Waals surface area contributed by atoms with Crippen LogP contribution in [0.2, 0.25) is 0 Å². The van der Waals surface area contributed by atoms with Gasteiger partial charge in [-0.25, -0.2) is 18.9 Å². The highest BCUT2D eigenvalue weighted by molar-refractivity contribution is 6.06. The monoisotopic (exact) mass is 510 g/mol. The molecule has 37 heavy (non-hydrogen) atoms. The Kier molecular flexibility index (Phi) is 6.32. The summed E-state index contributed by atoms with van der Waals surface area (Å²) < 4.78 is 19.1. The van der Waals surface area contributed by atoms with Crippen molar-refractivity contribution in [2.75, 3.05) is 25.5 Å². The summed E-state index contributed by atoms with van der Waals surface area (Å²) in [6.45, 7) is -0.801. The number of nitrogens with one attached hydrogen (secondary N) is 2. The molecule has 0 aromatic heterocycles. The first kappa shape index (κ1) is 24.7. The van der Waals surface area contributed by atoms with Crippen molar-refractivity contribution in [2.45, 2.75) is 43.4 Å². The van der Waals surface area contributed by atoms with Gasteiger partial charge in [0.05, 0.1) is 18.7 Å². The molecule has 3 aliphatic rings. The summed E-state index contributed by atoms with van der Waals surface area (Å²) in [7, 11) is 1.50. The second-order valence-electron chi connectivity index (χ2n) is 9.44. The van der Waals surface area contributed by atoms with E-state index in [1.54, 1.807) is 30.3 Å². The Morgan fingerprint density at radius 2 is 1.92 bits per heavy atom. The maximum Gasteiger partial charge on any atom is 0.418 e. The predicted octanol–water partition coefficient (Wildman–Crippen LogP) is 2.42. The van der Waals surface area contributed by atoms with Gasteiger partial charge in [-0.15, -0.1) is 0 Å². The Balaban J connectivity index is 1.36. The number of carbonyl (C=O) groups is 4. The maximum atomic E-state index is 13.5. The SMILES string of the molecule is CNC(=O)Nc1ccc2c(c1)CCC21OC(=O)N(CC(=O)N2[C@@H](CO)CC[C@H]2c2ccc(F)cc2)C1=O. The number of carbonyl (C=O) groups excluding carboxylic acids is 4. The molecule has 3 N–H and O–H groups in total. The van der Waals surface area contributed by atoms with Crippen LogP contribution in [0.4, 0.5) is 19.7 Å². The van der Waals surface area contributed by atoms with Crippen LogP contribution < -0.4 is 10.6 Å². The van der Waals surface area contributed by atoms with Gasteiger partial charge in [0, 0.05) is 24.7 Å². The topological polar surface area (TPSA) is 128 Å². The molecule has 0 radical (unpaired) electrons. The number of aryl methyl sites for hydroxylation is 1. The zero-order valence-electron chi connectivity index (χ0n) is 20.2. The van der Waals surface area contributed by atoms with Crippen LogP contribution in [0.25, 0.3) is 0 Å². The molecule has 11 heteroatoms. The lowest BCUT2D eigenvalue weighted by molar-refractivity contribution is -0.143. The Bertz CT molecular complexity index is 1270. The van der Waals surface area contributed by atoms with Crippen molar-refractivity contribution < 1.29 is 33.4 Å². The highest BCUT2D eigenvalue weighted by Gasteiger charge is 2.58. The van der Waals surface area contributed by atoms with Gasteiger partial charge in [0.2, 0.25) is 11.5 Å². The number of hydrogen-bond donors (Lipinski definition) is 3. The molecular formula is C26H27FN4O6. The average molecular weight is 511 g/mol. The second kappa shape index (κ2) is 9.47. The van der Waals surface area contributed by atoms with Crippen LogP contribution >= 0.6 is 0 Å². The number of imide groups is 1. The van der Waals surface area contributed by atoms with E-state index >= 15 is 0 Å². The molecule has 0 saturated carbocycles. The number of urea groups is 1. The number of halogens is 1. The number of aliphatic hydroxyl groups is 1. The first-order chi connectivity index (χ1) is 17.8. The third-order valence-electron chi connectivity index (χ3n) is 7.39. The zero-order chi connectivity index (χ0) is 26.3. The largest absolute Gasteiger partial charge is 0.427 e. The molecule has 5 rings (SSSR count). The zero-order valence-corrected chi connectivity index (χ0v) is 20.2. The van der Waals surface area contributed by atoms with Crippen molar-refractivity contribution >= 4 is 29.6 Å². The van der Waals surface area contributed by atoms with Gasteiger partial charge in [0.1, 0.15) is 12.4 Å². The molecular weight excluding hydrogens is 483 g/mol. The molecule has 10 nitrogen and oxygen atoms in total. The molecule has 3 atom stereocenters. The Labute approximate surface area is 212 Å². The van der Waals surface area contributed by atoms with E-state index in [1.807, 2.05) is 0 Å². The number of aliphatic hydroxyl groups excluding tert-OH is 1. The molecule has 194 valence electrons. The van der Waals surface area contributed by atoms with Gasteiger partial charge in [-0.05, 0) is 54.7 Å². The minimum Gasteiger partial charge on any atom is -0.427 e. The summed E-state index contributed by atoms with van der Waals surface area (Å²) in [5.74, 6) is -1.52. The highest BCUT2D eigenvalue weighted by Crippen LogP contribution is 2.46. The molecule has 2 aromatic rings. The van der Waals surface area contributed by atoms with E-state index in [0.717, 1.165) is 10.5 Å². The average Bonchev–Trinajstić information content (AvgIpc) is 3.55. The number of benzene rings is 2. The third kappa shape index (κ3) is 4.18. The smallest absolute Gasteiger partial charge is 0.418 e. The molecule has 2 heterocycles. The van der Waals surface area contributed by atoms with Gasteiger partial charge in [-0.2, -0.15) is 0 Å². The van der Waals surface area contributed by atoms with Crippen LogP contribution in [0.15, 0.2) is 42.5 Å². The first-order valence-electron chi connectivity index (χ1n) is 12.1. The van der Waals surface area contributed by atoms with Gasteiger partial charge in [-0.1, -0.05) is 18.2 Å². The molecule has 2 aliphatic heterocycles. The van der Waals surface area contributed by atoms with E-state index in [9.17, 15) is 28.7 Å². The van der Waals surface area contributed by atoms with Crippen LogP contribution in [0.1, 0.15) is 42.0 Å². The Morgan fingerprint density at radius 3 is 2.62 bits per heavy atom. The van der Waals surface area contributed by atoms with Gasteiger partial charge >= 0.3 is 12.1 Å². The van der Waals surface area contributed by atoms with Crippen LogP contribution in [-0.2, 0) is 26.3 Å². The number of hydrogen-bond acceptors (Lipinski definition) is 6. The highest BCUT2D eigenvalue weighted by atomic mass is 19.1. The van der Waals surface area contributed by atoms with E-state index < -0.39 is 48.0 Å². The number of fused-ring (bicyclic) bond motifs is 2. The summed E-state index contributed by atoms with van der Waals surface area (Å²) in [5.41, 5.74) is 1.02. The number of nitrogens with zero attached hydrogens (tertiary/aromatic N) is 2. The molecule has 1 aliphatic carbocycles. The van der Waals surface area contributed by atoms with E-state index in [4.69, 9.17) is 4.74 Å². The summed E-state index contributed by atoms with van der Waals surface area (Å²) in [6, 6.07) is 9.52. The predicted molar refractivity (Wildman–Crippen MR) is 129 cm³/mol. The van der Waals surface area contributed by atoms with Crippen molar-refractivity contribution in [1.29, 1.82) is 0 Å². The number of rotatable bonds is 5. The number of amides is 5. The molecule has 2 saturated heterocycles. The summed E-state index contributed by atoms with van der Waals surface area (Å²) >= 11 is 0. The number of anilines is 1. The number of likely N-dealkylation sites (tertiary alicyclic amines) is 1. The van der Waals surface area contributed by atoms with Crippen molar-refractivity contribution in [3.63, 3.8) is 0 Å². The van der Waals surface area contributed by atoms with E-state index in [0.29, 0.717) is 36.1 Å². The van der Waals surface area contributed by atoms with Gasteiger partial charge in [-0.3, -0.25) is 9.59 Å². The van der Waals surface area contributed by atoms with Crippen LogP contribution in [0, 0.1) is 5.82 Å². The lowest BCUT2D eigenvalue weighted by Crippen LogP contribution is -2.47. The Hall–Kier alpha value is -3.99. The van der Waals surface area contributed by atoms with E-state index in [2.05, 4.69) is 10.6 Å². The maximum absolute atomic E-state index is 13.5. The minimum absolute atomic E-state index is 0.224. The molecule has 5 amide bonds.